The smallest absolute Gasteiger partial charge is 0.372 e. The summed E-state index contributed by atoms with van der Waals surface area (Å²) in [6.45, 7) is 1.82. The van der Waals surface area contributed by atoms with Crippen molar-refractivity contribution in [3.05, 3.63) is 11.8 Å². The van der Waals surface area contributed by atoms with Crippen LogP contribution in [0, 0.1) is 0 Å². The minimum atomic E-state index is -0.683. The minimum absolute atomic E-state index is 0.319. The molecule has 0 saturated carbocycles. The van der Waals surface area contributed by atoms with Crippen molar-refractivity contribution in [2.24, 2.45) is 0 Å². The second kappa shape index (κ2) is 3.95. The molecule has 0 aromatic carbocycles. The number of aliphatic hydroxyl groups excluding tert-OH is 1. The number of aliphatic hydroxyl groups is 1. The lowest BCUT2D eigenvalue weighted by Crippen LogP contribution is -2.03. The lowest BCUT2D eigenvalue weighted by atomic mass is 10.4. The van der Waals surface area contributed by atoms with Crippen molar-refractivity contribution in [1.29, 1.82) is 0 Å². The van der Waals surface area contributed by atoms with Crippen molar-refractivity contribution < 1.29 is 14.6 Å². The van der Waals surface area contributed by atoms with Crippen LogP contribution in [0.5, 0.6) is 0 Å². The highest BCUT2D eigenvalue weighted by atomic mass is 16.5. The first-order chi connectivity index (χ1) is 4.22. The first-order valence-corrected chi connectivity index (χ1v) is 2.69. The van der Waals surface area contributed by atoms with E-state index in [1.807, 2.05) is 6.92 Å². The van der Waals surface area contributed by atoms with E-state index in [9.17, 15) is 4.79 Å². The molecular weight excluding hydrogens is 120 g/mol. The summed E-state index contributed by atoms with van der Waals surface area (Å²) < 4.78 is 4.21. The summed E-state index contributed by atoms with van der Waals surface area (Å²) in [6.07, 6.45) is 2.02. The lowest BCUT2D eigenvalue weighted by Gasteiger charge is -1.94. The van der Waals surface area contributed by atoms with Gasteiger partial charge in [-0.3, -0.25) is 0 Å². The molecule has 3 heteroatoms. The number of esters is 1. The summed E-state index contributed by atoms with van der Waals surface area (Å²) in [4.78, 5) is 10.4. The lowest BCUT2D eigenvalue weighted by molar-refractivity contribution is -0.139. The quantitative estimate of drug-likeness (QED) is 0.344. The second-order valence-corrected chi connectivity index (χ2v) is 1.49. The molecule has 9 heavy (non-hydrogen) atoms. The zero-order valence-electron chi connectivity index (χ0n) is 5.55. The van der Waals surface area contributed by atoms with E-state index in [4.69, 9.17) is 5.11 Å². The van der Waals surface area contributed by atoms with E-state index in [0.717, 1.165) is 0 Å². The summed E-state index contributed by atoms with van der Waals surface area (Å²) in [5.74, 6) is -1.00. The van der Waals surface area contributed by atoms with Crippen molar-refractivity contribution >= 4 is 5.97 Å². The number of carbonyl (C=O) groups is 1. The third-order valence-electron chi connectivity index (χ3n) is 0.792. The Labute approximate surface area is 53.9 Å². The van der Waals surface area contributed by atoms with Gasteiger partial charge < -0.3 is 9.84 Å². The molecule has 0 aromatic rings. The maximum absolute atomic E-state index is 10.4. The maximum Gasteiger partial charge on any atom is 0.372 e. The van der Waals surface area contributed by atoms with Crippen LogP contribution in [0.2, 0.25) is 0 Å². The number of methoxy groups -OCH3 is 1. The largest absolute Gasteiger partial charge is 0.502 e. The molecule has 0 aromatic heterocycles. The van der Waals surface area contributed by atoms with Gasteiger partial charge in [0.15, 0.2) is 5.76 Å². The standard InChI is InChI=1S/C6H10O3/c1-3-4-5(7)6(8)9-2/h4,7H,3H2,1-2H3. The third kappa shape index (κ3) is 2.74. The highest BCUT2D eigenvalue weighted by Crippen LogP contribution is 1.92. The fraction of sp³-hybridized carbons (Fsp3) is 0.500. The van der Waals surface area contributed by atoms with Gasteiger partial charge in [0.05, 0.1) is 7.11 Å². The molecule has 0 heterocycles. The normalized spacial score (nSPS) is 11.1. The van der Waals surface area contributed by atoms with Crippen molar-refractivity contribution in [3.8, 4) is 0 Å². The monoisotopic (exact) mass is 130 g/mol. The molecule has 0 aliphatic rings. The zero-order valence-corrected chi connectivity index (χ0v) is 5.55. The molecule has 0 atom stereocenters. The molecule has 0 fully saturated rings. The van der Waals surface area contributed by atoms with Crippen LogP contribution in [0.25, 0.3) is 0 Å². The van der Waals surface area contributed by atoms with Gasteiger partial charge in [0.2, 0.25) is 0 Å². The van der Waals surface area contributed by atoms with Gasteiger partial charge in [0.25, 0.3) is 0 Å². The van der Waals surface area contributed by atoms with Crippen molar-refractivity contribution in [2.45, 2.75) is 13.3 Å². The Morgan fingerprint density at radius 3 is 2.67 bits per heavy atom. The van der Waals surface area contributed by atoms with Gasteiger partial charge >= 0.3 is 5.97 Å². The van der Waals surface area contributed by atoms with E-state index in [1.54, 1.807) is 0 Å². The second-order valence-electron chi connectivity index (χ2n) is 1.49. The SMILES string of the molecule is CCC=C(O)C(=O)OC. The van der Waals surface area contributed by atoms with Crippen molar-refractivity contribution in [1.82, 2.24) is 0 Å². The Hall–Kier alpha value is -0.990. The Balaban J connectivity index is 3.86. The van der Waals surface area contributed by atoms with E-state index < -0.39 is 5.97 Å². The third-order valence-corrected chi connectivity index (χ3v) is 0.792. The van der Waals surface area contributed by atoms with E-state index in [0.29, 0.717) is 6.42 Å². The van der Waals surface area contributed by atoms with Gasteiger partial charge in [-0.05, 0) is 12.5 Å². The zero-order chi connectivity index (χ0) is 7.28. The van der Waals surface area contributed by atoms with Crippen molar-refractivity contribution in [2.75, 3.05) is 7.11 Å². The van der Waals surface area contributed by atoms with Gasteiger partial charge in [-0.1, -0.05) is 6.92 Å². The molecule has 0 aliphatic heterocycles. The van der Waals surface area contributed by atoms with E-state index in [-0.39, 0.29) is 5.76 Å². The number of ether oxygens (including phenoxy) is 1. The molecular formula is C6H10O3. The molecule has 52 valence electrons. The summed E-state index contributed by atoms with van der Waals surface area (Å²) in [7, 11) is 1.22. The highest BCUT2D eigenvalue weighted by molar-refractivity contribution is 5.85. The molecule has 0 bridgehead atoms. The van der Waals surface area contributed by atoms with Crippen molar-refractivity contribution in [3.63, 3.8) is 0 Å². The van der Waals surface area contributed by atoms with Gasteiger partial charge in [-0.2, -0.15) is 0 Å². The first kappa shape index (κ1) is 8.01. The molecule has 0 amide bonds. The predicted molar refractivity (Wildman–Crippen MR) is 33.0 cm³/mol. The van der Waals surface area contributed by atoms with Gasteiger partial charge in [0, 0.05) is 0 Å². The molecule has 0 aliphatic carbocycles. The van der Waals surface area contributed by atoms with Crippen LogP contribution >= 0.6 is 0 Å². The number of hydrogen-bond donors (Lipinski definition) is 1. The Morgan fingerprint density at radius 2 is 2.33 bits per heavy atom. The molecule has 3 nitrogen and oxygen atoms in total. The molecule has 0 unspecified atom stereocenters. The van der Waals surface area contributed by atoms with Gasteiger partial charge in [0.1, 0.15) is 0 Å². The molecule has 0 spiro atoms. The average Bonchev–Trinajstić information content (AvgIpc) is 1.87. The van der Waals surface area contributed by atoms with E-state index in [2.05, 4.69) is 4.74 Å². The fourth-order valence-electron chi connectivity index (χ4n) is 0.381. The Morgan fingerprint density at radius 1 is 1.78 bits per heavy atom. The Bertz CT molecular complexity index is 126. The van der Waals surface area contributed by atoms with Crippen LogP contribution in [0.3, 0.4) is 0 Å². The molecule has 0 rings (SSSR count). The van der Waals surface area contributed by atoms with Crippen LogP contribution in [0.15, 0.2) is 11.8 Å². The van der Waals surface area contributed by atoms with Crippen LogP contribution in [0.1, 0.15) is 13.3 Å². The minimum Gasteiger partial charge on any atom is -0.502 e. The van der Waals surface area contributed by atoms with Crippen LogP contribution < -0.4 is 0 Å². The topological polar surface area (TPSA) is 46.5 Å². The summed E-state index contributed by atoms with van der Waals surface area (Å²) >= 11 is 0. The Kier molecular flexibility index (Phi) is 3.51. The summed E-state index contributed by atoms with van der Waals surface area (Å²) in [5, 5.41) is 8.70. The van der Waals surface area contributed by atoms with Crippen LogP contribution in [-0.2, 0) is 9.53 Å². The maximum atomic E-state index is 10.4. The van der Waals surface area contributed by atoms with Crippen LogP contribution in [0.4, 0.5) is 0 Å². The van der Waals surface area contributed by atoms with Gasteiger partial charge in [-0.25, -0.2) is 4.79 Å². The number of carbonyl (C=O) groups excluding carboxylic acids is 1. The first-order valence-electron chi connectivity index (χ1n) is 2.69. The van der Waals surface area contributed by atoms with Crippen LogP contribution in [-0.4, -0.2) is 18.2 Å². The summed E-state index contributed by atoms with van der Waals surface area (Å²) in [5.41, 5.74) is 0. The molecule has 0 saturated heterocycles. The molecule has 1 N–H and O–H groups in total. The predicted octanol–water partition coefficient (Wildman–Crippen LogP) is 1.01. The van der Waals surface area contributed by atoms with E-state index in [1.165, 1.54) is 13.2 Å². The highest BCUT2D eigenvalue weighted by Gasteiger charge is 2.03. The number of hydrogen-bond acceptors (Lipinski definition) is 3. The fourth-order valence-corrected chi connectivity index (χ4v) is 0.381. The number of rotatable bonds is 2. The summed E-state index contributed by atoms with van der Waals surface area (Å²) in [6, 6.07) is 0. The molecule has 0 radical (unpaired) electrons. The van der Waals surface area contributed by atoms with E-state index >= 15 is 0 Å². The average molecular weight is 130 g/mol. The number of allylic oxidation sites excluding steroid dienone is 1. The van der Waals surface area contributed by atoms with Gasteiger partial charge in [-0.15, -0.1) is 0 Å².